The third-order valence-electron chi connectivity index (χ3n) is 6.02. The smallest absolute Gasteiger partial charge is 0.351 e. The highest BCUT2D eigenvalue weighted by Crippen LogP contribution is 2.37. The average molecular weight is 485 g/mol. The molecule has 4 N–H and O–H groups in total. The van der Waals surface area contributed by atoms with E-state index in [4.69, 9.17) is 18.6 Å². The zero-order valence-corrected chi connectivity index (χ0v) is 19.6. The van der Waals surface area contributed by atoms with Crippen LogP contribution >= 0.6 is 0 Å². The van der Waals surface area contributed by atoms with E-state index in [1.165, 1.54) is 31.5 Å². The van der Waals surface area contributed by atoms with Crippen molar-refractivity contribution in [1.29, 1.82) is 0 Å². The maximum atomic E-state index is 12.7. The van der Waals surface area contributed by atoms with Crippen molar-refractivity contribution in [2.45, 2.75) is 51.0 Å². The first-order valence-corrected chi connectivity index (χ1v) is 10.9. The lowest BCUT2D eigenvalue weighted by Crippen LogP contribution is -2.63. The molecule has 0 amide bonds. The minimum absolute atomic E-state index is 0.0271. The number of fused-ring (bicyclic) bond motifs is 1. The number of aliphatic hydroxyl groups excluding tert-OH is 3. The van der Waals surface area contributed by atoms with E-state index in [0.717, 1.165) is 0 Å². The monoisotopic (exact) mass is 485 g/mol. The molecule has 35 heavy (non-hydrogen) atoms. The molecule has 0 aliphatic carbocycles. The summed E-state index contributed by atoms with van der Waals surface area (Å²) in [4.78, 5) is 16.7. The third kappa shape index (κ3) is 4.48. The molecule has 0 unspecified atom stereocenters. The number of aryl methyl sites for hydroxylation is 1. The maximum Gasteiger partial charge on any atom is 0.351 e. The molecule has 10 heteroatoms. The van der Waals surface area contributed by atoms with Crippen LogP contribution in [0.5, 0.6) is 11.5 Å². The molecule has 0 radical (unpaired) electrons. The van der Waals surface area contributed by atoms with E-state index >= 15 is 0 Å². The summed E-state index contributed by atoms with van der Waals surface area (Å²) in [6.07, 6.45) is -1.95. The van der Waals surface area contributed by atoms with Crippen LogP contribution < -0.4 is 10.4 Å². The van der Waals surface area contributed by atoms with Crippen LogP contribution in [0.15, 0.2) is 45.7 Å². The largest absolute Gasteiger partial charge is 0.507 e. The molecule has 1 aliphatic heterocycles. The van der Waals surface area contributed by atoms with Crippen LogP contribution in [0, 0.1) is 6.92 Å². The van der Waals surface area contributed by atoms with Crippen LogP contribution in [0.4, 0.5) is 0 Å². The van der Waals surface area contributed by atoms with Gasteiger partial charge in [0.1, 0.15) is 46.7 Å². The molecule has 3 aromatic rings. The zero-order valence-electron chi connectivity index (χ0n) is 19.6. The Bertz CT molecular complexity index is 1320. The van der Waals surface area contributed by atoms with Gasteiger partial charge in [-0.3, -0.25) is 4.98 Å². The average Bonchev–Trinajstić information content (AvgIpc) is 2.80. The fourth-order valence-corrected chi connectivity index (χ4v) is 4.22. The second-order valence-corrected chi connectivity index (χ2v) is 8.81. The first kappa shape index (κ1) is 24.7. The van der Waals surface area contributed by atoms with Crippen LogP contribution in [0.3, 0.4) is 0 Å². The number of pyridine rings is 1. The number of aliphatic hydroxyl groups is 3. The van der Waals surface area contributed by atoms with Gasteiger partial charge in [0.05, 0.1) is 16.7 Å². The van der Waals surface area contributed by atoms with E-state index in [2.05, 4.69) is 4.98 Å². The number of hydrogen-bond donors (Lipinski definition) is 4. The van der Waals surface area contributed by atoms with Crippen LogP contribution in [0.1, 0.15) is 30.7 Å². The second kappa shape index (κ2) is 9.31. The molecule has 4 atom stereocenters. The quantitative estimate of drug-likeness (QED) is 0.313. The Kier molecular flexibility index (Phi) is 6.56. The first-order chi connectivity index (χ1) is 16.5. The lowest BCUT2D eigenvalue weighted by Gasteiger charge is -2.46. The summed E-state index contributed by atoms with van der Waals surface area (Å²) in [5.41, 5.74) is -1.59. The van der Waals surface area contributed by atoms with E-state index < -0.39 is 52.9 Å². The lowest BCUT2D eigenvalue weighted by molar-refractivity contribution is -0.306. The molecule has 4 rings (SSSR count). The van der Waals surface area contributed by atoms with Gasteiger partial charge < -0.3 is 39.1 Å². The topological polar surface area (TPSA) is 152 Å². The summed E-state index contributed by atoms with van der Waals surface area (Å²) in [5.74, 6) is -0.773. The molecule has 186 valence electrons. The van der Waals surface area contributed by atoms with Crippen molar-refractivity contribution in [3.05, 3.63) is 63.8 Å². The molecule has 1 fully saturated rings. The van der Waals surface area contributed by atoms with Gasteiger partial charge >= 0.3 is 5.63 Å². The van der Waals surface area contributed by atoms with Crippen molar-refractivity contribution in [2.75, 3.05) is 7.11 Å². The van der Waals surface area contributed by atoms with Gasteiger partial charge in [-0.2, -0.15) is 0 Å². The number of aromatic hydroxyl groups is 1. The van der Waals surface area contributed by atoms with Gasteiger partial charge in [-0.05, 0) is 45.0 Å². The zero-order chi connectivity index (χ0) is 25.5. The number of ether oxygens (including phenoxy) is 3. The minimum atomic E-state index is -1.42. The van der Waals surface area contributed by atoms with Crippen LogP contribution in [-0.4, -0.2) is 62.7 Å². The highest BCUT2D eigenvalue weighted by atomic mass is 16.7. The fraction of sp³-hybridized carbons (Fsp3) is 0.360. The highest BCUT2D eigenvalue weighted by molar-refractivity contribution is 5.92. The minimum Gasteiger partial charge on any atom is -0.507 e. The Hall–Kier alpha value is -3.44. The Morgan fingerprint density at radius 2 is 1.91 bits per heavy atom. The summed E-state index contributed by atoms with van der Waals surface area (Å²) in [6, 6.07) is 7.98. The second-order valence-electron chi connectivity index (χ2n) is 8.81. The van der Waals surface area contributed by atoms with Crippen molar-refractivity contribution in [3.63, 3.8) is 0 Å². The number of benzene rings is 1. The summed E-state index contributed by atoms with van der Waals surface area (Å²) in [7, 11) is 1.41. The molecular formula is C25H27NO9. The van der Waals surface area contributed by atoms with Crippen molar-refractivity contribution in [1.82, 2.24) is 4.98 Å². The van der Waals surface area contributed by atoms with Crippen LogP contribution in [0.2, 0.25) is 0 Å². The van der Waals surface area contributed by atoms with Gasteiger partial charge in [0.2, 0.25) is 6.29 Å². The first-order valence-electron chi connectivity index (χ1n) is 10.9. The Balaban J connectivity index is 1.71. The van der Waals surface area contributed by atoms with Gasteiger partial charge in [0.15, 0.2) is 0 Å². The summed E-state index contributed by atoms with van der Waals surface area (Å²) < 4.78 is 22.4. The van der Waals surface area contributed by atoms with Gasteiger partial charge in [-0.25, -0.2) is 4.79 Å². The normalized spacial score (nSPS) is 24.5. The standard InChI is InChI=1S/C25H27NO9/c1-12-16(33-24-20(30)19(29)22(32-4)25(2,3)35-24)9-8-14-18(28)17(23(31)34-21(12)14)15(27)11-13-7-5-6-10-26-13/h5-11,19-20,22,24,27-30H,1-4H3/b15-11-/t19-,20+,22+,24+/m0/s1. The molecule has 2 aromatic heterocycles. The van der Waals surface area contributed by atoms with Gasteiger partial charge in [-0.1, -0.05) is 6.07 Å². The van der Waals surface area contributed by atoms with Gasteiger partial charge in [0, 0.05) is 24.9 Å². The number of aromatic nitrogens is 1. The van der Waals surface area contributed by atoms with E-state index in [0.29, 0.717) is 11.3 Å². The number of rotatable bonds is 5. The van der Waals surface area contributed by atoms with Gasteiger partial charge in [0.25, 0.3) is 0 Å². The van der Waals surface area contributed by atoms with Crippen LogP contribution in [-0.2, 0) is 9.47 Å². The molecule has 0 spiro atoms. The summed E-state index contributed by atoms with van der Waals surface area (Å²) in [6.45, 7) is 4.99. The predicted molar refractivity (Wildman–Crippen MR) is 126 cm³/mol. The molecule has 1 saturated heterocycles. The molecule has 1 aromatic carbocycles. The predicted octanol–water partition coefficient (Wildman–Crippen LogP) is 2.51. The summed E-state index contributed by atoms with van der Waals surface area (Å²) >= 11 is 0. The summed E-state index contributed by atoms with van der Waals surface area (Å²) in [5, 5.41) is 42.4. The molecule has 0 bridgehead atoms. The molecular weight excluding hydrogens is 458 g/mol. The number of nitrogens with zero attached hydrogens (tertiary/aromatic N) is 1. The van der Waals surface area contributed by atoms with Crippen molar-refractivity contribution in [2.24, 2.45) is 0 Å². The number of hydrogen-bond acceptors (Lipinski definition) is 10. The van der Waals surface area contributed by atoms with E-state index in [1.807, 2.05) is 0 Å². The highest BCUT2D eigenvalue weighted by Gasteiger charge is 2.50. The third-order valence-corrected chi connectivity index (χ3v) is 6.02. The lowest BCUT2D eigenvalue weighted by atomic mass is 9.89. The molecule has 3 heterocycles. The molecule has 10 nitrogen and oxygen atoms in total. The van der Waals surface area contributed by atoms with Crippen molar-refractivity contribution in [3.8, 4) is 11.5 Å². The Morgan fingerprint density at radius 1 is 1.17 bits per heavy atom. The SMILES string of the molecule is CO[C@@H]1[C@@H](O)[C@@H](O)[C@H](Oc2ccc3c(O)c(/C(O)=C/c4ccccn4)c(=O)oc3c2C)OC1(C)C. The van der Waals surface area contributed by atoms with Crippen molar-refractivity contribution >= 4 is 22.8 Å². The van der Waals surface area contributed by atoms with Crippen molar-refractivity contribution < 1.29 is 39.1 Å². The fourth-order valence-electron chi connectivity index (χ4n) is 4.22. The van der Waals surface area contributed by atoms with Gasteiger partial charge in [-0.15, -0.1) is 0 Å². The maximum absolute atomic E-state index is 12.7. The molecule has 1 aliphatic rings. The Morgan fingerprint density at radius 3 is 2.57 bits per heavy atom. The van der Waals surface area contributed by atoms with E-state index in [-0.39, 0.29) is 16.7 Å². The number of methoxy groups -OCH3 is 1. The van der Waals surface area contributed by atoms with E-state index in [1.54, 1.807) is 39.0 Å². The van der Waals surface area contributed by atoms with E-state index in [9.17, 15) is 25.2 Å². The molecule has 0 saturated carbocycles. The Labute approximate surface area is 200 Å². The van der Waals surface area contributed by atoms with Crippen LogP contribution in [0.25, 0.3) is 22.8 Å².